The minimum absolute atomic E-state index is 0.337. The van der Waals surface area contributed by atoms with Crippen molar-refractivity contribution in [2.45, 2.75) is 46.2 Å². The SMILES string of the molecule is CC1CN(CCc2ccccc2)C(C(C)(C)C)CN1. The zero-order valence-electron chi connectivity index (χ0n) is 12.8. The Balaban J connectivity index is 1.98. The maximum atomic E-state index is 3.63. The van der Waals surface area contributed by atoms with Gasteiger partial charge in [0.2, 0.25) is 0 Å². The lowest BCUT2D eigenvalue weighted by molar-refractivity contribution is 0.0601. The number of benzene rings is 1. The van der Waals surface area contributed by atoms with Crippen molar-refractivity contribution in [2.75, 3.05) is 19.6 Å². The molecule has 2 atom stereocenters. The van der Waals surface area contributed by atoms with Crippen LogP contribution in [0.25, 0.3) is 0 Å². The van der Waals surface area contributed by atoms with Crippen LogP contribution in [0.15, 0.2) is 30.3 Å². The fraction of sp³-hybridized carbons (Fsp3) is 0.647. The molecule has 1 heterocycles. The van der Waals surface area contributed by atoms with Gasteiger partial charge in [0.1, 0.15) is 0 Å². The molecule has 0 radical (unpaired) electrons. The summed E-state index contributed by atoms with van der Waals surface area (Å²) in [6.07, 6.45) is 1.15. The van der Waals surface area contributed by atoms with E-state index in [-0.39, 0.29) is 0 Å². The molecule has 2 rings (SSSR count). The molecular weight excluding hydrogens is 232 g/mol. The zero-order chi connectivity index (χ0) is 13.9. The molecule has 19 heavy (non-hydrogen) atoms. The van der Waals surface area contributed by atoms with Gasteiger partial charge in [-0.25, -0.2) is 0 Å². The predicted molar refractivity (Wildman–Crippen MR) is 82.4 cm³/mol. The van der Waals surface area contributed by atoms with Crippen molar-refractivity contribution in [3.63, 3.8) is 0 Å². The van der Waals surface area contributed by atoms with Crippen LogP contribution < -0.4 is 5.32 Å². The van der Waals surface area contributed by atoms with E-state index in [0.29, 0.717) is 17.5 Å². The highest BCUT2D eigenvalue weighted by molar-refractivity contribution is 5.15. The maximum absolute atomic E-state index is 3.63. The van der Waals surface area contributed by atoms with Gasteiger partial charge in [0.15, 0.2) is 0 Å². The molecule has 1 aliphatic rings. The molecule has 1 aliphatic heterocycles. The standard InChI is InChI=1S/C17H28N2/c1-14-13-19(16(12-18-14)17(2,3)4)11-10-15-8-6-5-7-9-15/h5-9,14,16,18H,10-13H2,1-4H3. The van der Waals surface area contributed by atoms with Crippen LogP contribution in [0, 0.1) is 5.41 Å². The van der Waals surface area contributed by atoms with E-state index in [1.807, 2.05) is 0 Å². The number of nitrogens with one attached hydrogen (secondary N) is 1. The Labute approximate surface area is 118 Å². The predicted octanol–water partition coefficient (Wildman–Crippen LogP) is 2.94. The lowest BCUT2D eigenvalue weighted by Crippen LogP contribution is -2.60. The molecule has 0 aliphatic carbocycles. The van der Waals surface area contributed by atoms with Crippen LogP contribution in [0.2, 0.25) is 0 Å². The average molecular weight is 260 g/mol. The molecule has 2 nitrogen and oxygen atoms in total. The average Bonchev–Trinajstić information content (AvgIpc) is 2.36. The molecule has 106 valence electrons. The van der Waals surface area contributed by atoms with Gasteiger partial charge >= 0.3 is 0 Å². The molecule has 0 aromatic heterocycles. The fourth-order valence-electron chi connectivity index (χ4n) is 3.00. The second-order valence-electron chi connectivity index (χ2n) is 6.92. The summed E-state index contributed by atoms with van der Waals surface area (Å²) < 4.78 is 0. The zero-order valence-corrected chi connectivity index (χ0v) is 12.8. The molecule has 0 spiro atoms. The molecule has 1 aromatic rings. The Bertz CT molecular complexity index is 380. The van der Waals surface area contributed by atoms with E-state index >= 15 is 0 Å². The van der Waals surface area contributed by atoms with Crippen molar-refractivity contribution >= 4 is 0 Å². The van der Waals surface area contributed by atoms with Crippen molar-refractivity contribution in [1.82, 2.24) is 10.2 Å². The lowest BCUT2D eigenvalue weighted by atomic mass is 9.84. The van der Waals surface area contributed by atoms with Crippen LogP contribution in [0.5, 0.6) is 0 Å². The van der Waals surface area contributed by atoms with Gasteiger partial charge < -0.3 is 5.32 Å². The van der Waals surface area contributed by atoms with Gasteiger partial charge in [0.25, 0.3) is 0 Å². The molecule has 1 aromatic carbocycles. The fourth-order valence-corrected chi connectivity index (χ4v) is 3.00. The monoisotopic (exact) mass is 260 g/mol. The molecule has 0 saturated carbocycles. The van der Waals surface area contributed by atoms with E-state index in [0.717, 1.165) is 26.1 Å². The first kappa shape index (κ1) is 14.5. The first-order valence-corrected chi connectivity index (χ1v) is 7.48. The summed E-state index contributed by atoms with van der Waals surface area (Å²) in [6, 6.07) is 12.1. The van der Waals surface area contributed by atoms with Gasteiger partial charge in [-0.05, 0) is 24.3 Å². The van der Waals surface area contributed by atoms with Gasteiger partial charge in [0.05, 0.1) is 0 Å². The molecule has 2 heteroatoms. The molecule has 1 saturated heterocycles. The van der Waals surface area contributed by atoms with Crippen molar-refractivity contribution in [3.05, 3.63) is 35.9 Å². The third-order valence-electron chi connectivity index (χ3n) is 4.14. The topological polar surface area (TPSA) is 15.3 Å². The third-order valence-corrected chi connectivity index (χ3v) is 4.14. The van der Waals surface area contributed by atoms with E-state index < -0.39 is 0 Å². The molecule has 0 amide bonds. The van der Waals surface area contributed by atoms with Crippen LogP contribution in [-0.4, -0.2) is 36.6 Å². The van der Waals surface area contributed by atoms with Crippen LogP contribution >= 0.6 is 0 Å². The van der Waals surface area contributed by atoms with Gasteiger partial charge in [0, 0.05) is 31.7 Å². The summed E-state index contributed by atoms with van der Waals surface area (Å²) >= 11 is 0. The maximum Gasteiger partial charge on any atom is 0.0269 e. The van der Waals surface area contributed by atoms with Gasteiger partial charge in [-0.1, -0.05) is 51.1 Å². The van der Waals surface area contributed by atoms with Crippen molar-refractivity contribution in [1.29, 1.82) is 0 Å². The summed E-state index contributed by atoms with van der Waals surface area (Å²) in [7, 11) is 0. The molecule has 2 unspecified atom stereocenters. The normalized spacial score (nSPS) is 25.5. The van der Waals surface area contributed by atoms with E-state index in [1.54, 1.807) is 0 Å². The van der Waals surface area contributed by atoms with Crippen LogP contribution in [-0.2, 0) is 6.42 Å². The van der Waals surface area contributed by atoms with Crippen LogP contribution in [0.1, 0.15) is 33.3 Å². The highest BCUT2D eigenvalue weighted by Crippen LogP contribution is 2.26. The van der Waals surface area contributed by atoms with Crippen molar-refractivity contribution < 1.29 is 0 Å². The van der Waals surface area contributed by atoms with Gasteiger partial charge in [-0.3, -0.25) is 4.90 Å². The largest absolute Gasteiger partial charge is 0.311 e. The Morgan fingerprint density at radius 2 is 1.89 bits per heavy atom. The Morgan fingerprint density at radius 1 is 1.21 bits per heavy atom. The Hall–Kier alpha value is -0.860. The number of piperazine rings is 1. The first-order valence-electron chi connectivity index (χ1n) is 7.48. The second kappa shape index (κ2) is 6.06. The lowest BCUT2D eigenvalue weighted by Gasteiger charge is -2.46. The summed E-state index contributed by atoms with van der Waals surface area (Å²) in [5.41, 5.74) is 1.78. The van der Waals surface area contributed by atoms with Crippen molar-refractivity contribution in [3.8, 4) is 0 Å². The minimum Gasteiger partial charge on any atom is -0.311 e. The van der Waals surface area contributed by atoms with E-state index in [1.165, 1.54) is 5.56 Å². The Kier molecular flexibility index (Phi) is 4.64. The first-order chi connectivity index (χ1) is 8.97. The quantitative estimate of drug-likeness (QED) is 0.899. The number of hydrogen-bond acceptors (Lipinski definition) is 2. The number of nitrogens with zero attached hydrogens (tertiary/aromatic N) is 1. The van der Waals surface area contributed by atoms with Gasteiger partial charge in [-0.2, -0.15) is 0 Å². The smallest absolute Gasteiger partial charge is 0.0269 e. The highest BCUT2D eigenvalue weighted by Gasteiger charge is 2.33. The number of rotatable bonds is 3. The van der Waals surface area contributed by atoms with E-state index in [4.69, 9.17) is 0 Å². The highest BCUT2D eigenvalue weighted by atomic mass is 15.2. The third kappa shape index (κ3) is 4.05. The van der Waals surface area contributed by atoms with Crippen LogP contribution in [0.3, 0.4) is 0 Å². The summed E-state index contributed by atoms with van der Waals surface area (Å²) in [5.74, 6) is 0. The number of hydrogen-bond donors (Lipinski definition) is 1. The molecule has 0 bridgehead atoms. The molecule has 1 N–H and O–H groups in total. The van der Waals surface area contributed by atoms with E-state index in [9.17, 15) is 0 Å². The molecular formula is C17H28N2. The van der Waals surface area contributed by atoms with Gasteiger partial charge in [-0.15, -0.1) is 0 Å². The summed E-state index contributed by atoms with van der Waals surface area (Å²) in [5, 5.41) is 3.63. The molecule has 1 fully saturated rings. The van der Waals surface area contributed by atoms with E-state index in [2.05, 4.69) is 68.2 Å². The van der Waals surface area contributed by atoms with Crippen LogP contribution in [0.4, 0.5) is 0 Å². The Morgan fingerprint density at radius 3 is 2.53 bits per heavy atom. The summed E-state index contributed by atoms with van der Waals surface area (Å²) in [6.45, 7) is 12.8. The van der Waals surface area contributed by atoms with Crippen molar-refractivity contribution in [2.24, 2.45) is 5.41 Å². The summed E-state index contributed by atoms with van der Waals surface area (Å²) in [4.78, 5) is 2.67. The minimum atomic E-state index is 0.337. The second-order valence-corrected chi connectivity index (χ2v) is 6.92.